The number of ether oxygens (including phenoxy) is 1. The van der Waals surface area contributed by atoms with Gasteiger partial charge in [0.1, 0.15) is 35.6 Å². The first-order valence-corrected chi connectivity index (χ1v) is 15.8. The Morgan fingerprint density at radius 3 is 2.77 bits per heavy atom. The van der Waals surface area contributed by atoms with Crippen LogP contribution in [-0.2, 0) is 6.42 Å². The summed E-state index contributed by atoms with van der Waals surface area (Å²) in [6, 6.07) is 9.30. The number of anilines is 1. The number of benzene rings is 2. The molecule has 2 unspecified atom stereocenters. The van der Waals surface area contributed by atoms with Gasteiger partial charge in [0.25, 0.3) is 0 Å². The number of hydrogen-bond donors (Lipinski definition) is 1. The molecule has 3 saturated heterocycles. The predicted octanol–water partition coefficient (Wildman–Crippen LogP) is 6.44. The van der Waals surface area contributed by atoms with Crippen molar-refractivity contribution >= 4 is 27.5 Å². The van der Waals surface area contributed by atoms with Crippen molar-refractivity contribution in [2.75, 3.05) is 37.7 Å². The molecule has 0 amide bonds. The molecule has 5 heterocycles. The van der Waals surface area contributed by atoms with Gasteiger partial charge in [0.15, 0.2) is 5.82 Å². The molecule has 7 nitrogen and oxygen atoms in total. The molecule has 0 radical (unpaired) electrons. The van der Waals surface area contributed by atoms with E-state index in [9.17, 15) is 9.50 Å². The van der Waals surface area contributed by atoms with Crippen molar-refractivity contribution in [1.82, 2.24) is 19.9 Å². The second kappa shape index (κ2) is 10.3. The van der Waals surface area contributed by atoms with Crippen LogP contribution in [0.3, 0.4) is 0 Å². The molecule has 224 valence electrons. The van der Waals surface area contributed by atoms with E-state index in [1.807, 2.05) is 18.2 Å². The molecule has 1 N–H and O–H groups in total. The summed E-state index contributed by atoms with van der Waals surface area (Å²) < 4.78 is 37.5. The molecule has 2 bridgehead atoms. The number of rotatable bonds is 6. The fourth-order valence-corrected chi connectivity index (χ4v) is 8.51. The number of halogens is 2. The minimum atomic E-state index is -0.864. The van der Waals surface area contributed by atoms with E-state index in [4.69, 9.17) is 9.72 Å². The number of alkyl halides is 1. The lowest BCUT2D eigenvalue weighted by molar-refractivity contribution is 0.107. The normalized spacial score (nSPS) is 27.0. The Hall–Kier alpha value is -3.59. The van der Waals surface area contributed by atoms with Crippen LogP contribution in [0.5, 0.6) is 11.8 Å². The average molecular weight is 586 g/mol. The highest BCUT2D eigenvalue weighted by Crippen LogP contribution is 2.43. The van der Waals surface area contributed by atoms with Crippen LogP contribution in [0.15, 0.2) is 36.5 Å². The molecule has 3 aliphatic heterocycles. The first-order valence-electron chi connectivity index (χ1n) is 15.8. The van der Waals surface area contributed by atoms with Gasteiger partial charge in [0.2, 0.25) is 0 Å². The molecule has 43 heavy (non-hydrogen) atoms. The zero-order valence-corrected chi connectivity index (χ0v) is 24.5. The molecule has 2 aromatic heterocycles. The number of phenolic OH excluding ortho intramolecular Hbond substituents is 1. The molecular formula is C34H37F2N5O2. The lowest BCUT2D eigenvalue weighted by Crippen LogP contribution is -2.43. The summed E-state index contributed by atoms with van der Waals surface area (Å²) in [4.78, 5) is 18.7. The van der Waals surface area contributed by atoms with Gasteiger partial charge in [-0.3, -0.25) is 9.88 Å². The van der Waals surface area contributed by atoms with Crippen molar-refractivity contribution in [1.29, 1.82) is 0 Å². The number of hydrogen-bond acceptors (Lipinski definition) is 7. The van der Waals surface area contributed by atoms with Crippen LogP contribution >= 0.6 is 0 Å². The molecule has 9 heteroatoms. The van der Waals surface area contributed by atoms with E-state index in [2.05, 4.69) is 26.7 Å². The predicted molar refractivity (Wildman–Crippen MR) is 163 cm³/mol. The van der Waals surface area contributed by atoms with Crippen molar-refractivity contribution in [3.05, 3.63) is 47.9 Å². The second-order valence-corrected chi connectivity index (χ2v) is 13.2. The largest absolute Gasteiger partial charge is 0.508 e. The van der Waals surface area contributed by atoms with E-state index >= 15 is 4.39 Å². The minimum absolute atomic E-state index is 0.0522. The molecule has 4 aliphatic rings. The highest BCUT2D eigenvalue weighted by Gasteiger charge is 2.49. The number of aromatic hydroxyl groups is 1. The Balaban J connectivity index is 1.26. The van der Waals surface area contributed by atoms with E-state index in [1.165, 1.54) is 19.3 Å². The maximum Gasteiger partial charge on any atom is 0.319 e. The molecule has 1 aliphatic carbocycles. The third-order valence-corrected chi connectivity index (χ3v) is 10.5. The molecule has 0 spiro atoms. The summed E-state index contributed by atoms with van der Waals surface area (Å²) in [6.45, 7) is 5.37. The summed E-state index contributed by atoms with van der Waals surface area (Å²) in [7, 11) is 0. The summed E-state index contributed by atoms with van der Waals surface area (Å²) in [5.74, 6) is 1.34. The van der Waals surface area contributed by atoms with Gasteiger partial charge in [-0.2, -0.15) is 9.97 Å². The minimum Gasteiger partial charge on any atom is -0.508 e. The van der Waals surface area contributed by atoms with Gasteiger partial charge in [-0.25, -0.2) is 8.78 Å². The lowest BCUT2D eigenvalue weighted by Gasteiger charge is -2.34. The van der Waals surface area contributed by atoms with Crippen molar-refractivity contribution < 1.29 is 18.6 Å². The van der Waals surface area contributed by atoms with Crippen LogP contribution in [0.1, 0.15) is 51.0 Å². The van der Waals surface area contributed by atoms with Crippen molar-refractivity contribution in [2.45, 2.75) is 63.6 Å². The number of aryl methyl sites for hydroxylation is 1. The van der Waals surface area contributed by atoms with Crippen LogP contribution in [0, 0.1) is 17.7 Å². The number of phenols is 1. The van der Waals surface area contributed by atoms with Crippen LogP contribution < -0.4 is 9.64 Å². The number of fused-ring (bicyclic) bond motifs is 5. The van der Waals surface area contributed by atoms with Gasteiger partial charge in [-0.05, 0) is 85.4 Å². The van der Waals surface area contributed by atoms with E-state index in [-0.39, 0.29) is 35.1 Å². The zero-order valence-electron chi connectivity index (χ0n) is 24.5. The smallest absolute Gasteiger partial charge is 0.319 e. The van der Waals surface area contributed by atoms with Crippen LogP contribution in [0.2, 0.25) is 0 Å². The molecule has 8 rings (SSSR count). The SMILES string of the molecule is CCc1cccc2cc(O)cc(-c3ncc4c(N5CC6CCC(C6)C5)nc(OC[C@@]56CCCN5C[C@H](F)C6)nc4c3F)c12. The summed E-state index contributed by atoms with van der Waals surface area (Å²) in [6.07, 6.45) is 7.53. The van der Waals surface area contributed by atoms with E-state index in [1.54, 1.807) is 18.3 Å². The molecular weight excluding hydrogens is 548 g/mol. The topological polar surface area (TPSA) is 74.6 Å². The first-order chi connectivity index (χ1) is 20.9. The van der Waals surface area contributed by atoms with Gasteiger partial charge < -0.3 is 14.7 Å². The molecule has 4 fully saturated rings. The highest BCUT2D eigenvalue weighted by molar-refractivity contribution is 6.01. The average Bonchev–Trinajstić information content (AvgIpc) is 3.65. The van der Waals surface area contributed by atoms with Crippen molar-refractivity contribution in [3.8, 4) is 23.0 Å². The third-order valence-electron chi connectivity index (χ3n) is 10.5. The summed E-state index contributed by atoms with van der Waals surface area (Å²) >= 11 is 0. The van der Waals surface area contributed by atoms with E-state index in [0.717, 1.165) is 55.2 Å². The quantitative estimate of drug-likeness (QED) is 0.279. The molecule has 4 atom stereocenters. The van der Waals surface area contributed by atoms with Gasteiger partial charge in [0.05, 0.1) is 10.9 Å². The van der Waals surface area contributed by atoms with Crippen LogP contribution in [0.25, 0.3) is 32.9 Å². The Morgan fingerprint density at radius 2 is 1.95 bits per heavy atom. The Bertz CT molecular complexity index is 1720. The van der Waals surface area contributed by atoms with Gasteiger partial charge >= 0.3 is 6.01 Å². The zero-order chi connectivity index (χ0) is 29.3. The van der Waals surface area contributed by atoms with Gasteiger partial charge in [-0.1, -0.05) is 25.1 Å². The van der Waals surface area contributed by atoms with E-state index in [0.29, 0.717) is 41.6 Å². The highest BCUT2D eigenvalue weighted by atomic mass is 19.1. The summed E-state index contributed by atoms with van der Waals surface area (Å²) in [5.41, 5.74) is 1.52. The van der Waals surface area contributed by atoms with Crippen LogP contribution in [-0.4, -0.2) is 69.5 Å². The van der Waals surface area contributed by atoms with Gasteiger partial charge in [-0.15, -0.1) is 0 Å². The van der Waals surface area contributed by atoms with Crippen LogP contribution in [0.4, 0.5) is 14.6 Å². The fourth-order valence-electron chi connectivity index (χ4n) is 8.51. The number of pyridine rings is 1. The van der Waals surface area contributed by atoms with Gasteiger partial charge in [0, 0.05) is 37.8 Å². The fraction of sp³-hybridized carbons (Fsp3) is 0.500. The molecule has 2 aromatic carbocycles. The van der Waals surface area contributed by atoms with E-state index < -0.39 is 12.0 Å². The first kappa shape index (κ1) is 27.0. The molecule has 1 saturated carbocycles. The lowest BCUT2D eigenvalue weighted by atomic mass is 9.95. The standard InChI is InChI=1S/C34H37F2N5O2/c1-2-22-5-3-6-23-12-25(42)13-26(28(22)23)30-29(36)31-27(15-37-30)32(40-16-20-7-8-21(11-20)17-40)39-33(38-31)43-19-34-9-4-10-41(34)18-24(35)14-34/h3,5-6,12-13,15,20-21,24,42H,2,4,7-11,14,16-19H2,1H3/t20?,21?,24-,34+/m1/s1. The Kier molecular flexibility index (Phi) is 6.44. The van der Waals surface area contributed by atoms with Crippen molar-refractivity contribution in [3.63, 3.8) is 0 Å². The maximum atomic E-state index is 16.8. The Morgan fingerprint density at radius 1 is 1.12 bits per heavy atom. The molecule has 4 aromatic rings. The monoisotopic (exact) mass is 585 g/mol. The number of aromatic nitrogens is 3. The summed E-state index contributed by atoms with van der Waals surface area (Å²) in [5, 5.41) is 12.8. The van der Waals surface area contributed by atoms with Crippen molar-refractivity contribution in [2.24, 2.45) is 11.8 Å². The number of nitrogens with zero attached hydrogens (tertiary/aromatic N) is 5. The second-order valence-electron chi connectivity index (χ2n) is 13.2. The third kappa shape index (κ3) is 4.50. The number of piperidine rings is 1. The Labute approximate surface area is 249 Å². The maximum absolute atomic E-state index is 16.8.